The standard InChI is InChI=1S/C7H15NO/c1-2-3-4-5-6-7-8-9/h5-6,8-9H,2-4,7H2,1H3/b6-5-. The molecule has 9 heavy (non-hydrogen) atoms. The van der Waals surface area contributed by atoms with E-state index in [9.17, 15) is 0 Å². The van der Waals surface area contributed by atoms with E-state index in [4.69, 9.17) is 5.21 Å². The van der Waals surface area contributed by atoms with Crippen LogP contribution < -0.4 is 5.48 Å². The minimum absolute atomic E-state index is 0.559. The first-order valence-electron chi connectivity index (χ1n) is 3.43. The number of rotatable bonds is 5. The summed E-state index contributed by atoms with van der Waals surface area (Å²) in [7, 11) is 0. The van der Waals surface area contributed by atoms with Gasteiger partial charge in [-0.15, -0.1) is 0 Å². The van der Waals surface area contributed by atoms with Crippen LogP contribution in [0.5, 0.6) is 0 Å². The van der Waals surface area contributed by atoms with Gasteiger partial charge in [-0.2, -0.15) is 0 Å². The van der Waals surface area contributed by atoms with Gasteiger partial charge < -0.3 is 5.21 Å². The van der Waals surface area contributed by atoms with E-state index >= 15 is 0 Å². The van der Waals surface area contributed by atoms with Crippen molar-refractivity contribution in [2.24, 2.45) is 0 Å². The highest BCUT2D eigenvalue weighted by Gasteiger charge is 1.76. The summed E-state index contributed by atoms with van der Waals surface area (Å²) in [6, 6.07) is 0. The summed E-state index contributed by atoms with van der Waals surface area (Å²) in [6.45, 7) is 2.72. The van der Waals surface area contributed by atoms with Gasteiger partial charge in [0.05, 0.1) is 0 Å². The van der Waals surface area contributed by atoms with Crippen molar-refractivity contribution in [3.8, 4) is 0 Å². The molecule has 0 aromatic rings. The van der Waals surface area contributed by atoms with Crippen LogP contribution in [0.15, 0.2) is 12.2 Å². The summed E-state index contributed by atoms with van der Waals surface area (Å²) in [4.78, 5) is 0. The number of hydroxylamine groups is 1. The highest BCUT2D eigenvalue weighted by molar-refractivity contribution is 4.81. The van der Waals surface area contributed by atoms with Crippen molar-refractivity contribution in [3.63, 3.8) is 0 Å². The number of hydrogen-bond acceptors (Lipinski definition) is 2. The highest BCUT2D eigenvalue weighted by Crippen LogP contribution is 1.93. The van der Waals surface area contributed by atoms with E-state index in [1.54, 1.807) is 0 Å². The number of allylic oxidation sites excluding steroid dienone is 1. The maximum atomic E-state index is 8.12. The van der Waals surface area contributed by atoms with Crippen molar-refractivity contribution in [2.75, 3.05) is 6.54 Å². The summed E-state index contributed by atoms with van der Waals surface area (Å²) in [5, 5.41) is 8.12. The third-order valence-electron chi connectivity index (χ3n) is 1.10. The number of unbranched alkanes of at least 4 members (excludes halogenated alkanes) is 2. The Morgan fingerprint density at radius 3 is 2.78 bits per heavy atom. The lowest BCUT2D eigenvalue weighted by molar-refractivity contribution is 0.179. The molecule has 0 aliphatic carbocycles. The highest BCUT2D eigenvalue weighted by atomic mass is 16.5. The van der Waals surface area contributed by atoms with E-state index in [-0.39, 0.29) is 0 Å². The van der Waals surface area contributed by atoms with Crippen LogP contribution in [0.2, 0.25) is 0 Å². The Morgan fingerprint density at radius 2 is 2.22 bits per heavy atom. The molecular formula is C7H15NO. The Bertz CT molecular complexity index is 71.3. The molecule has 0 aromatic heterocycles. The van der Waals surface area contributed by atoms with Crippen LogP contribution in [-0.4, -0.2) is 11.8 Å². The molecule has 0 atom stereocenters. The Labute approximate surface area is 56.5 Å². The second-order valence-corrected chi connectivity index (χ2v) is 1.98. The predicted molar refractivity (Wildman–Crippen MR) is 38.5 cm³/mol. The largest absolute Gasteiger partial charge is 0.317 e. The van der Waals surface area contributed by atoms with Crippen LogP contribution in [-0.2, 0) is 0 Å². The van der Waals surface area contributed by atoms with Crippen molar-refractivity contribution < 1.29 is 5.21 Å². The molecule has 0 rings (SSSR count). The molecule has 0 saturated heterocycles. The smallest absolute Gasteiger partial charge is 0.0388 e. The lowest BCUT2D eigenvalue weighted by Crippen LogP contribution is -2.04. The minimum atomic E-state index is 0.559. The van der Waals surface area contributed by atoms with Crippen molar-refractivity contribution in [3.05, 3.63) is 12.2 Å². The van der Waals surface area contributed by atoms with Gasteiger partial charge in [0.15, 0.2) is 0 Å². The van der Waals surface area contributed by atoms with Crippen LogP contribution in [0.4, 0.5) is 0 Å². The molecule has 2 nitrogen and oxygen atoms in total. The van der Waals surface area contributed by atoms with Crippen molar-refractivity contribution in [1.82, 2.24) is 5.48 Å². The zero-order valence-electron chi connectivity index (χ0n) is 5.93. The molecule has 0 aliphatic heterocycles. The lowest BCUT2D eigenvalue weighted by Gasteiger charge is -1.88. The maximum absolute atomic E-state index is 8.12. The molecule has 0 aliphatic rings. The van der Waals surface area contributed by atoms with Gasteiger partial charge in [-0.25, -0.2) is 5.48 Å². The topological polar surface area (TPSA) is 32.3 Å². The van der Waals surface area contributed by atoms with Gasteiger partial charge in [-0.3, -0.25) is 0 Å². The first kappa shape index (κ1) is 8.66. The molecule has 0 radical (unpaired) electrons. The maximum Gasteiger partial charge on any atom is 0.0388 e. The van der Waals surface area contributed by atoms with Gasteiger partial charge in [0.2, 0.25) is 0 Å². The summed E-state index contributed by atoms with van der Waals surface area (Å²) >= 11 is 0. The molecule has 2 N–H and O–H groups in total. The van der Waals surface area contributed by atoms with E-state index in [1.807, 2.05) is 6.08 Å². The van der Waals surface area contributed by atoms with Crippen LogP contribution in [0.25, 0.3) is 0 Å². The molecule has 0 aromatic carbocycles. The predicted octanol–water partition coefficient (Wildman–Crippen LogP) is 1.71. The molecule has 0 saturated carbocycles. The molecule has 0 fully saturated rings. The second kappa shape index (κ2) is 7.66. The van der Waals surface area contributed by atoms with E-state index in [1.165, 1.54) is 12.8 Å². The quantitative estimate of drug-likeness (QED) is 0.336. The Hall–Kier alpha value is -0.340. The first-order chi connectivity index (χ1) is 4.41. The van der Waals surface area contributed by atoms with E-state index < -0.39 is 0 Å². The molecule has 0 heterocycles. The van der Waals surface area contributed by atoms with Crippen LogP contribution in [0, 0.1) is 0 Å². The van der Waals surface area contributed by atoms with Gasteiger partial charge in [-0.05, 0) is 6.42 Å². The summed E-state index contributed by atoms with van der Waals surface area (Å²) in [5.41, 5.74) is 2.06. The third kappa shape index (κ3) is 7.66. The Kier molecular flexibility index (Phi) is 7.37. The molecule has 0 spiro atoms. The van der Waals surface area contributed by atoms with E-state index in [0.717, 1.165) is 6.42 Å². The number of hydrogen-bond donors (Lipinski definition) is 2. The average Bonchev–Trinajstić information content (AvgIpc) is 1.89. The van der Waals surface area contributed by atoms with E-state index in [0.29, 0.717) is 6.54 Å². The first-order valence-corrected chi connectivity index (χ1v) is 3.43. The van der Waals surface area contributed by atoms with Gasteiger partial charge in [0, 0.05) is 6.54 Å². The summed E-state index contributed by atoms with van der Waals surface area (Å²) in [6.07, 6.45) is 7.60. The minimum Gasteiger partial charge on any atom is -0.317 e. The zero-order chi connectivity index (χ0) is 6.95. The lowest BCUT2D eigenvalue weighted by atomic mass is 10.2. The van der Waals surface area contributed by atoms with Crippen LogP contribution >= 0.6 is 0 Å². The fourth-order valence-electron chi connectivity index (χ4n) is 0.576. The molecule has 0 bridgehead atoms. The Balaban J connectivity index is 2.86. The van der Waals surface area contributed by atoms with Gasteiger partial charge in [0.1, 0.15) is 0 Å². The zero-order valence-corrected chi connectivity index (χ0v) is 5.93. The second-order valence-electron chi connectivity index (χ2n) is 1.98. The van der Waals surface area contributed by atoms with Crippen LogP contribution in [0.3, 0.4) is 0 Å². The normalized spacial score (nSPS) is 10.9. The summed E-state index contributed by atoms with van der Waals surface area (Å²) in [5.74, 6) is 0. The fraction of sp³-hybridized carbons (Fsp3) is 0.714. The molecule has 54 valence electrons. The van der Waals surface area contributed by atoms with E-state index in [2.05, 4.69) is 18.5 Å². The van der Waals surface area contributed by atoms with Gasteiger partial charge in [0.25, 0.3) is 0 Å². The van der Waals surface area contributed by atoms with Crippen LogP contribution in [0.1, 0.15) is 26.2 Å². The average molecular weight is 129 g/mol. The molecule has 2 heteroatoms. The summed E-state index contributed by atoms with van der Waals surface area (Å²) < 4.78 is 0. The molecule has 0 unspecified atom stereocenters. The Morgan fingerprint density at radius 1 is 1.44 bits per heavy atom. The molecule has 0 amide bonds. The monoisotopic (exact) mass is 129 g/mol. The van der Waals surface area contributed by atoms with Gasteiger partial charge in [-0.1, -0.05) is 31.9 Å². The van der Waals surface area contributed by atoms with Gasteiger partial charge >= 0.3 is 0 Å². The van der Waals surface area contributed by atoms with Crippen molar-refractivity contribution in [2.45, 2.75) is 26.2 Å². The van der Waals surface area contributed by atoms with Crippen molar-refractivity contribution in [1.29, 1.82) is 0 Å². The SMILES string of the molecule is CCCC/C=C\CNO. The third-order valence-corrected chi connectivity index (χ3v) is 1.10. The fourth-order valence-corrected chi connectivity index (χ4v) is 0.576. The van der Waals surface area contributed by atoms with Crippen molar-refractivity contribution >= 4 is 0 Å². The molecular weight excluding hydrogens is 114 g/mol. The number of nitrogens with one attached hydrogen (secondary N) is 1.